The summed E-state index contributed by atoms with van der Waals surface area (Å²) in [5.74, 6) is -1.19. The van der Waals surface area contributed by atoms with E-state index in [2.05, 4.69) is 19.4 Å². The fraction of sp³-hybridized carbons (Fsp3) is 0.111. The summed E-state index contributed by atoms with van der Waals surface area (Å²) in [6.07, 6.45) is 0. The molecule has 1 aromatic heterocycles. The van der Waals surface area contributed by atoms with E-state index in [1.54, 1.807) is 12.1 Å². The number of phenolic OH excluding ortho intramolecular Hbond substituents is 1. The third kappa shape index (κ3) is 4.64. The van der Waals surface area contributed by atoms with Gasteiger partial charge in [-0.2, -0.15) is 8.75 Å². The van der Waals surface area contributed by atoms with Crippen molar-refractivity contribution in [2.24, 2.45) is 0 Å². The molecule has 11 heteroatoms. The topological polar surface area (TPSA) is 128 Å². The van der Waals surface area contributed by atoms with Gasteiger partial charge in [0.15, 0.2) is 17.4 Å². The maximum atomic E-state index is 12.4. The molecular formula is C18H18BN5O4S. The standard InChI is InChI=1S/C18H18BN5O4S/c1-24(9-14(25)26)18(28)10-5-4-8-13(15(10)27)21-17-16(22-29-23-17)20-12-7-3-2-6-11(12)19/h2-8,27H,9,19H2,1H3,(H,20,22)(H,21,23)(H,25,26). The fourth-order valence-corrected chi connectivity index (χ4v) is 3.09. The van der Waals surface area contributed by atoms with Crippen LogP contribution in [0.1, 0.15) is 10.4 Å². The molecule has 0 bridgehead atoms. The molecule has 0 fully saturated rings. The molecule has 1 amide bonds. The Morgan fingerprint density at radius 3 is 2.34 bits per heavy atom. The van der Waals surface area contributed by atoms with Gasteiger partial charge in [-0.15, -0.1) is 0 Å². The third-order valence-corrected chi connectivity index (χ3v) is 4.65. The van der Waals surface area contributed by atoms with Crippen LogP contribution in [0.3, 0.4) is 0 Å². The predicted molar refractivity (Wildman–Crippen MR) is 114 cm³/mol. The number of aromatic nitrogens is 2. The SMILES string of the molecule is Bc1ccccc1Nc1nsnc1Nc1cccc(C(=O)N(C)CC(=O)O)c1O. The number of amides is 1. The number of hydrogen-bond acceptors (Lipinski definition) is 8. The van der Waals surface area contributed by atoms with Crippen LogP contribution in [-0.2, 0) is 4.79 Å². The number of hydrogen-bond donors (Lipinski definition) is 4. The lowest BCUT2D eigenvalue weighted by Crippen LogP contribution is -2.32. The molecule has 0 aliphatic heterocycles. The number of phenols is 1. The second kappa shape index (κ2) is 8.61. The highest BCUT2D eigenvalue weighted by Gasteiger charge is 2.20. The molecule has 29 heavy (non-hydrogen) atoms. The molecule has 1 heterocycles. The summed E-state index contributed by atoms with van der Waals surface area (Å²) in [5, 5.41) is 25.6. The Morgan fingerprint density at radius 2 is 1.69 bits per heavy atom. The maximum Gasteiger partial charge on any atom is 0.323 e. The van der Waals surface area contributed by atoms with Crippen molar-refractivity contribution >= 4 is 59.9 Å². The second-order valence-corrected chi connectivity index (χ2v) is 6.81. The predicted octanol–water partition coefficient (Wildman–Crippen LogP) is 1.15. The molecule has 0 aliphatic rings. The number of aliphatic carboxylic acids is 1. The molecule has 3 rings (SSSR count). The van der Waals surface area contributed by atoms with Gasteiger partial charge in [-0.3, -0.25) is 9.59 Å². The molecule has 3 aromatic rings. The highest BCUT2D eigenvalue weighted by atomic mass is 32.1. The first kappa shape index (κ1) is 20.1. The van der Waals surface area contributed by atoms with E-state index in [0.29, 0.717) is 11.6 Å². The number of nitrogens with one attached hydrogen (secondary N) is 2. The Kier molecular flexibility index (Phi) is 5.98. The van der Waals surface area contributed by atoms with Crippen LogP contribution in [-0.4, -0.2) is 57.2 Å². The zero-order valence-electron chi connectivity index (χ0n) is 15.7. The number of para-hydroxylation sites is 2. The average Bonchev–Trinajstić information content (AvgIpc) is 3.11. The maximum absolute atomic E-state index is 12.4. The zero-order valence-corrected chi connectivity index (χ0v) is 16.5. The fourth-order valence-electron chi connectivity index (χ4n) is 2.62. The van der Waals surface area contributed by atoms with Crippen LogP contribution in [0.2, 0.25) is 0 Å². The number of likely N-dealkylation sites (N-methyl/N-ethyl adjacent to an activating group) is 1. The van der Waals surface area contributed by atoms with Gasteiger partial charge in [-0.05, 0) is 18.2 Å². The highest BCUT2D eigenvalue weighted by molar-refractivity contribution is 6.99. The van der Waals surface area contributed by atoms with Crippen LogP contribution in [0.15, 0.2) is 42.5 Å². The van der Waals surface area contributed by atoms with Crippen LogP contribution in [0.5, 0.6) is 5.75 Å². The minimum absolute atomic E-state index is 0.0182. The molecule has 0 radical (unpaired) electrons. The number of carboxylic acid groups (broad SMARTS) is 1. The van der Waals surface area contributed by atoms with E-state index in [0.717, 1.165) is 27.8 Å². The number of carbonyl (C=O) groups is 2. The quantitative estimate of drug-likeness (QED) is 0.337. The molecule has 0 saturated carbocycles. The number of benzene rings is 2. The van der Waals surface area contributed by atoms with E-state index in [9.17, 15) is 14.7 Å². The summed E-state index contributed by atoms with van der Waals surface area (Å²) in [4.78, 5) is 24.3. The Hall–Kier alpha value is -3.60. The Balaban J connectivity index is 1.84. The van der Waals surface area contributed by atoms with Crippen molar-refractivity contribution in [3.8, 4) is 5.75 Å². The van der Waals surface area contributed by atoms with Gasteiger partial charge in [0.1, 0.15) is 14.4 Å². The van der Waals surface area contributed by atoms with Gasteiger partial charge in [0, 0.05) is 12.7 Å². The number of aromatic hydroxyl groups is 1. The number of nitrogens with zero attached hydrogens (tertiary/aromatic N) is 3. The van der Waals surface area contributed by atoms with E-state index in [4.69, 9.17) is 5.11 Å². The van der Waals surface area contributed by atoms with Gasteiger partial charge < -0.3 is 25.7 Å². The lowest BCUT2D eigenvalue weighted by Gasteiger charge is -2.17. The zero-order chi connectivity index (χ0) is 21.0. The van der Waals surface area contributed by atoms with E-state index in [1.807, 2.05) is 32.1 Å². The first-order chi connectivity index (χ1) is 13.9. The summed E-state index contributed by atoms with van der Waals surface area (Å²) < 4.78 is 8.43. The normalized spacial score (nSPS) is 10.4. The summed E-state index contributed by atoms with van der Waals surface area (Å²) >= 11 is 0.992. The van der Waals surface area contributed by atoms with E-state index >= 15 is 0 Å². The minimum atomic E-state index is -1.14. The Bertz CT molecular complexity index is 1060. The van der Waals surface area contributed by atoms with Crippen molar-refractivity contribution in [2.75, 3.05) is 24.2 Å². The molecule has 148 valence electrons. The van der Waals surface area contributed by atoms with Crippen molar-refractivity contribution in [3.05, 3.63) is 48.0 Å². The number of rotatable bonds is 7. The molecule has 4 N–H and O–H groups in total. The largest absolute Gasteiger partial charge is 0.505 e. The van der Waals surface area contributed by atoms with Crippen LogP contribution < -0.4 is 16.1 Å². The van der Waals surface area contributed by atoms with Crippen molar-refractivity contribution in [2.45, 2.75) is 0 Å². The molecule has 2 aromatic carbocycles. The highest BCUT2D eigenvalue weighted by Crippen LogP contribution is 2.33. The van der Waals surface area contributed by atoms with Gasteiger partial charge in [0.2, 0.25) is 0 Å². The molecular weight excluding hydrogens is 393 g/mol. The van der Waals surface area contributed by atoms with Crippen LogP contribution in [0.4, 0.5) is 23.0 Å². The lowest BCUT2D eigenvalue weighted by molar-refractivity contribution is -0.137. The van der Waals surface area contributed by atoms with Crippen LogP contribution in [0, 0.1) is 0 Å². The monoisotopic (exact) mass is 411 g/mol. The number of carboxylic acids is 1. The molecule has 0 atom stereocenters. The van der Waals surface area contributed by atoms with E-state index in [-0.39, 0.29) is 17.0 Å². The van der Waals surface area contributed by atoms with Crippen LogP contribution >= 0.6 is 11.7 Å². The summed E-state index contributed by atoms with van der Waals surface area (Å²) in [5.41, 5.74) is 2.13. The van der Waals surface area contributed by atoms with Crippen molar-refractivity contribution in [1.82, 2.24) is 13.6 Å². The summed E-state index contributed by atoms with van der Waals surface area (Å²) in [7, 11) is 3.31. The summed E-state index contributed by atoms with van der Waals surface area (Å²) in [6, 6.07) is 12.3. The van der Waals surface area contributed by atoms with Gasteiger partial charge >= 0.3 is 5.97 Å². The average molecular weight is 411 g/mol. The van der Waals surface area contributed by atoms with E-state index < -0.39 is 18.4 Å². The first-order valence-electron chi connectivity index (χ1n) is 8.58. The Morgan fingerprint density at radius 1 is 1.07 bits per heavy atom. The van der Waals surface area contributed by atoms with Gasteiger partial charge in [0.25, 0.3) is 5.91 Å². The van der Waals surface area contributed by atoms with Crippen molar-refractivity contribution in [3.63, 3.8) is 0 Å². The smallest absolute Gasteiger partial charge is 0.323 e. The molecule has 9 nitrogen and oxygen atoms in total. The van der Waals surface area contributed by atoms with Gasteiger partial charge in [-0.1, -0.05) is 29.7 Å². The summed E-state index contributed by atoms with van der Waals surface area (Å²) in [6.45, 7) is -0.476. The number of anilines is 4. The molecule has 0 saturated heterocycles. The van der Waals surface area contributed by atoms with Crippen molar-refractivity contribution < 1.29 is 19.8 Å². The van der Waals surface area contributed by atoms with Crippen molar-refractivity contribution in [1.29, 1.82) is 0 Å². The third-order valence-electron chi connectivity index (χ3n) is 4.13. The molecule has 0 unspecified atom stereocenters. The van der Waals surface area contributed by atoms with Gasteiger partial charge in [0.05, 0.1) is 23.0 Å². The minimum Gasteiger partial charge on any atom is -0.505 e. The van der Waals surface area contributed by atoms with Crippen LogP contribution in [0.25, 0.3) is 0 Å². The number of carbonyl (C=O) groups excluding carboxylic acids is 1. The second-order valence-electron chi connectivity index (χ2n) is 6.28. The van der Waals surface area contributed by atoms with E-state index in [1.165, 1.54) is 13.1 Å². The lowest BCUT2D eigenvalue weighted by atomic mass is 9.94. The molecule has 0 aliphatic carbocycles. The Labute approximate surface area is 171 Å². The first-order valence-corrected chi connectivity index (χ1v) is 9.31. The molecule has 0 spiro atoms. The van der Waals surface area contributed by atoms with Gasteiger partial charge in [-0.25, -0.2) is 0 Å².